The number of piperazine rings is 1. The van der Waals surface area contributed by atoms with Gasteiger partial charge in [0.15, 0.2) is 5.78 Å². The average Bonchev–Trinajstić information content (AvgIpc) is 2.48. The van der Waals surface area contributed by atoms with Gasteiger partial charge in [0.1, 0.15) is 16.9 Å². The molecule has 0 radical (unpaired) electrons. The quantitative estimate of drug-likeness (QED) is 0.682. The third-order valence-electron chi connectivity index (χ3n) is 4.29. The van der Waals surface area contributed by atoms with E-state index in [0.717, 1.165) is 31.7 Å². The normalized spacial score (nSPS) is 16.8. The SMILES string of the molecule is CC(=O)c1cc2c(CN3CCN(C)CC3)cc(O)cc2oc1=O. The van der Waals surface area contributed by atoms with Gasteiger partial charge < -0.3 is 14.4 Å². The van der Waals surface area contributed by atoms with Crippen LogP contribution in [0.4, 0.5) is 0 Å². The number of Topliss-reactive ketones (excluding diaryl/α,β-unsaturated/α-hetero) is 1. The maximum absolute atomic E-state index is 11.8. The molecule has 6 nitrogen and oxygen atoms in total. The maximum atomic E-state index is 11.8. The first-order valence-corrected chi connectivity index (χ1v) is 7.65. The largest absolute Gasteiger partial charge is 0.508 e. The summed E-state index contributed by atoms with van der Waals surface area (Å²) in [4.78, 5) is 28.0. The van der Waals surface area contributed by atoms with E-state index in [-0.39, 0.29) is 17.1 Å². The van der Waals surface area contributed by atoms with Crippen molar-refractivity contribution in [2.45, 2.75) is 13.5 Å². The Morgan fingerprint density at radius 2 is 1.91 bits per heavy atom. The Labute approximate surface area is 133 Å². The van der Waals surface area contributed by atoms with Crippen LogP contribution >= 0.6 is 0 Å². The molecule has 0 aliphatic carbocycles. The Morgan fingerprint density at radius 1 is 1.22 bits per heavy atom. The zero-order chi connectivity index (χ0) is 16.6. The molecule has 23 heavy (non-hydrogen) atoms. The van der Waals surface area contributed by atoms with Crippen molar-refractivity contribution in [3.63, 3.8) is 0 Å². The van der Waals surface area contributed by atoms with Crippen LogP contribution < -0.4 is 5.63 Å². The molecule has 1 aromatic heterocycles. The number of nitrogens with zero attached hydrogens (tertiary/aromatic N) is 2. The smallest absolute Gasteiger partial charge is 0.347 e. The van der Waals surface area contributed by atoms with E-state index in [1.807, 2.05) is 0 Å². The Balaban J connectivity index is 2.02. The van der Waals surface area contributed by atoms with E-state index in [1.165, 1.54) is 13.0 Å². The van der Waals surface area contributed by atoms with Gasteiger partial charge >= 0.3 is 5.63 Å². The van der Waals surface area contributed by atoms with E-state index in [4.69, 9.17) is 4.42 Å². The van der Waals surface area contributed by atoms with Gasteiger partial charge in [0.2, 0.25) is 0 Å². The Bertz CT molecular complexity index is 804. The highest BCUT2D eigenvalue weighted by Crippen LogP contribution is 2.26. The van der Waals surface area contributed by atoms with Crippen molar-refractivity contribution in [3.05, 3.63) is 39.7 Å². The summed E-state index contributed by atoms with van der Waals surface area (Å²) in [6.45, 7) is 5.84. The van der Waals surface area contributed by atoms with E-state index in [2.05, 4.69) is 16.8 Å². The van der Waals surface area contributed by atoms with Gasteiger partial charge in [0.25, 0.3) is 0 Å². The molecule has 0 atom stereocenters. The summed E-state index contributed by atoms with van der Waals surface area (Å²) in [5.74, 6) is -0.264. The van der Waals surface area contributed by atoms with Gasteiger partial charge in [-0.25, -0.2) is 4.79 Å². The molecule has 3 rings (SSSR count). The van der Waals surface area contributed by atoms with E-state index in [9.17, 15) is 14.7 Å². The van der Waals surface area contributed by atoms with Crippen LogP contribution in [0.15, 0.2) is 27.4 Å². The standard InChI is InChI=1S/C17H20N2O4/c1-11(20)14-9-15-12(10-19-5-3-18(2)4-6-19)7-13(21)8-16(15)23-17(14)22/h7-9,21H,3-6,10H2,1-2H3. The molecule has 2 aromatic rings. The highest BCUT2D eigenvalue weighted by atomic mass is 16.4. The van der Waals surface area contributed by atoms with E-state index < -0.39 is 5.63 Å². The summed E-state index contributed by atoms with van der Waals surface area (Å²) in [6.07, 6.45) is 0. The Morgan fingerprint density at radius 3 is 2.57 bits per heavy atom. The highest BCUT2D eigenvalue weighted by molar-refractivity contribution is 5.97. The number of phenolic OH excluding ortho intramolecular Hbond substituents is 1. The van der Waals surface area contributed by atoms with Crippen LogP contribution in [0.3, 0.4) is 0 Å². The zero-order valence-corrected chi connectivity index (χ0v) is 13.3. The molecule has 0 amide bonds. The van der Waals surface area contributed by atoms with Crippen LogP contribution in [0.1, 0.15) is 22.8 Å². The lowest BCUT2D eigenvalue weighted by Crippen LogP contribution is -2.43. The van der Waals surface area contributed by atoms with Gasteiger partial charge in [-0.2, -0.15) is 0 Å². The fraction of sp³-hybridized carbons (Fsp3) is 0.412. The Kier molecular flexibility index (Phi) is 4.19. The molecule has 1 aliphatic heterocycles. The number of likely N-dealkylation sites (N-methyl/N-ethyl adjacent to an activating group) is 1. The van der Waals surface area contributed by atoms with Gasteiger partial charge in [-0.1, -0.05) is 0 Å². The van der Waals surface area contributed by atoms with Crippen molar-refractivity contribution in [1.82, 2.24) is 9.80 Å². The number of hydrogen-bond donors (Lipinski definition) is 1. The van der Waals surface area contributed by atoms with Crippen LogP contribution in [-0.4, -0.2) is 53.9 Å². The predicted octanol–water partition coefficient (Wildman–Crippen LogP) is 1.45. The highest BCUT2D eigenvalue weighted by Gasteiger charge is 2.18. The molecule has 0 spiro atoms. The molecular formula is C17H20N2O4. The number of phenols is 1. The van der Waals surface area contributed by atoms with Gasteiger partial charge in [0, 0.05) is 44.2 Å². The number of rotatable bonds is 3. The van der Waals surface area contributed by atoms with Crippen molar-refractivity contribution < 1.29 is 14.3 Å². The predicted molar refractivity (Wildman–Crippen MR) is 86.9 cm³/mol. The molecule has 122 valence electrons. The number of carbonyl (C=O) groups is 1. The van der Waals surface area contributed by atoms with Crippen LogP contribution in [0.2, 0.25) is 0 Å². The second-order valence-corrected chi connectivity index (χ2v) is 6.10. The lowest BCUT2D eigenvalue weighted by Gasteiger charge is -2.32. The van der Waals surface area contributed by atoms with Gasteiger partial charge in [0.05, 0.1) is 0 Å². The minimum atomic E-state index is -0.666. The summed E-state index contributed by atoms with van der Waals surface area (Å²) in [6, 6.07) is 4.66. The number of carbonyl (C=O) groups excluding carboxylic acids is 1. The van der Waals surface area contributed by atoms with Crippen molar-refractivity contribution in [2.75, 3.05) is 33.2 Å². The van der Waals surface area contributed by atoms with E-state index in [0.29, 0.717) is 17.5 Å². The van der Waals surface area contributed by atoms with Crippen molar-refractivity contribution in [2.24, 2.45) is 0 Å². The Hall–Kier alpha value is -2.18. The molecule has 1 aromatic carbocycles. The molecular weight excluding hydrogens is 296 g/mol. The fourth-order valence-electron chi connectivity index (χ4n) is 2.90. The number of benzene rings is 1. The first-order chi connectivity index (χ1) is 10.9. The third-order valence-corrected chi connectivity index (χ3v) is 4.29. The number of aromatic hydroxyl groups is 1. The van der Waals surface area contributed by atoms with Gasteiger partial charge in [-0.05, 0) is 31.7 Å². The van der Waals surface area contributed by atoms with Crippen molar-refractivity contribution in [1.29, 1.82) is 0 Å². The van der Waals surface area contributed by atoms with Crippen LogP contribution in [0, 0.1) is 0 Å². The lowest BCUT2D eigenvalue weighted by atomic mass is 10.0. The summed E-state index contributed by atoms with van der Waals surface area (Å²) in [5.41, 5.74) is 0.545. The molecule has 0 unspecified atom stereocenters. The molecule has 0 bridgehead atoms. The molecule has 6 heteroatoms. The van der Waals surface area contributed by atoms with Gasteiger partial charge in [-0.3, -0.25) is 9.69 Å². The first-order valence-electron chi connectivity index (χ1n) is 7.65. The molecule has 1 N–H and O–H groups in total. The average molecular weight is 316 g/mol. The second kappa shape index (κ2) is 6.14. The topological polar surface area (TPSA) is 74.0 Å². The summed E-state index contributed by atoms with van der Waals surface area (Å²) in [7, 11) is 2.09. The summed E-state index contributed by atoms with van der Waals surface area (Å²) >= 11 is 0. The molecule has 0 saturated carbocycles. The zero-order valence-electron chi connectivity index (χ0n) is 13.3. The minimum absolute atomic E-state index is 0.0443. The van der Waals surface area contributed by atoms with Crippen LogP contribution in [-0.2, 0) is 6.54 Å². The summed E-state index contributed by atoms with van der Waals surface area (Å²) in [5, 5.41) is 10.6. The molecule has 1 fully saturated rings. The minimum Gasteiger partial charge on any atom is -0.508 e. The van der Waals surface area contributed by atoms with Crippen LogP contribution in [0.25, 0.3) is 11.0 Å². The first kappa shape index (κ1) is 15.7. The van der Waals surface area contributed by atoms with Gasteiger partial charge in [-0.15, -0.1) is 0 Å². The van der Waals surface area contributed by atoms with Crippen molar-refractivity contribution >= 4 is 16.8 Å². The molecule has 1 saturated heterocycles. The molecule has 1 aliphatic rings. The maximum Gasteiger partial charge on any atom is 0.347 e. The summed E-state index contributed by atoms with van der Waals surface area (Å²) < 4.78 is 5.22. The number of hydrogen-bond acceptors (Lipinski definition) is 6. The fourth-order valence-corrected chi connectivity index (χ4v) is 2.90. The molecule has 2 heterocycles. The second-order valence-electron chi connectivity index (χ2n) is 6.10. The van der Waals surface area contributed by atoms with Crippen molar-refractivity contribution in [3.8, 4) is 5.75 Å². The van der Waals surface area contributed by atoms with E-state index >= 15 is 0 Å². The third kappa shape index (κ3) is 3.28. The number of fused-ring (bicyclic) bond motifs is 1. The van der Waals surface area contributed by atoms with E-state index in [1.54, 1.807) is 12.1 Å². The number of ketones is 1. The lowest BCUT2D eigenvalue weighted by molar-refractivity contribution is 0.101. The monoisotopic (exact) mass is 316 g/mol. The van der Waals surface area contributed by atoms with Crippen LogP contribution in [0.5, 0.6) is 5.75 Å².